The monoisotopic (exact) mass is 496 g/mol. The van der Waals surface area contributed by atoms with Crippen LogP contribution in [0.1, 0.15) is 31.9 Å². The van der Waals surface area contributed by atoms with Gasteiger partial charge in [-0.05, 0) is 30.0 Å². The summed E-state index contributed by atoms with van der Waals surface area (Å²) in [5, 5.41) is 12.6. The average molecular weight is 497 g/mol. The molecule has 0 spiro atoms. The summed E-state index contributed by atoms with van der Waals surface area (Å²) in [5.41, 5.74) is -0.0286. The van der Waals surface area contributed by atoms with E-state index in [4.69, 9.17) is 4.74 Å². The van der Waals surface area contributed by atoms with Gasteiger partial charge in [-0.3, -0.25) is 10.1 Å². The molecule has 1 amide bonds. The van der Waals surface area contributed by atoms with Gasteiger partial charge in [0.05, 0.1) is 25.2 Å². The van der Waals surface area contributed by atoms with E-state index in [2.05, 4.69) is 21.2 Å². The Bertz CT molecular complexity index is 747. The van der Waals surface area contributed by atoms with Crippen molar-refractivity contribution < 1.29 is 32.2 Å². The zero-order valence-electron chi connectivity index (χ0n) is 16.6. The van der Waals surface area contributed by atoms with Crippen LogP contribution < -0.4 is 5.32 Å². The second kappa shape index (κ2) is 9.10. The zero-order chi connectivity index (χ0) is 22.2. The van der Waals surface area contributed by atoms with E-state index in [0.29, 0.717) is 4.47 Å². The van der Waals surface area contributed by atoms with E-state index in [1.165, 1.54) is 24.3 Å². The highest BCUT2D eigenvalue weighted by molar-refractivity contribution is 9.10. The van der Waals surface area contributed by atoms with E-state index in [-0.39, 0.29) is 31.1 Å². The maximum atomic E-state index is 14.3. The van der Waals surface area contributed by atoms with Gasteiger partial charge >= 0.3 is 6.18 Å². The average Bonchev–Trinajstić information content (AvgIpc) is 3.19. The fourth-order valence-electron chi connectivity index (χ4n) is 4.13. The molecule has 2 unspecified atom stereocenters. The van der Waals surface area contributed by atoms with Gasteiger partial charge in [0.15, 0.2) is 0 Å². The van der Waals surface area contributed by atoms with Crippen molar-refractivity contribution in [3.05, 3.63) is 34.3 Å². The number of halogens is 5. The van der Waals surface area contributed by atoms with Crippen LogP contribution in [0.5, 0.6) is 0 Å². The van der Waals surface area contributed by atoms with Crippen LogP contribution in [-0.4, -0.2) is 65.7 Å². The number of likely N-dealkylation sites (tertiary alicyclic amines) is 1. The Balaban J connectivity index is 1.87. The quantitative estimate of drug-likeness (QED) is 0.592. The largest absolute Gasteiger partial charge is 0.407 e. The lowest BCUT2D eigenvalue weighted by molar-refractivity contribution is -0.163. The van der Waals surface area contributed by atoms with Gasteiger partial charge in [-0.2, -0.15) is 13.2 Å². The molecule has 2 saturated heterocycles. The molecule has 2 aliphatic rings. The number of nitrogens with one attached hydrogen (secondary N) is 1. The van der Waals surface area contributed by atoms with Crippen molar-refractivity contribution in [2.45, 2.75) is 62.9 Å². The number of ether oxygens (including phenoxy) is 1. The van der Waals surface area contributed by atoms with Crippen LogP contribution in [0.25, 0.3) is 0 Å². The zero-order valence-corrected chi connectivity index (χ0v) is 18.2. The van der Waals surface area contributed by atoms with Crippen molar-refractivity contribution in [2.75, 3.05) is 13.2 Å². The lowest BCUT2D eigenvalue weighted by Crippen LogP contribution is -2.54. The molecular formula is C20H25BrF4N2O3. The molecule has 6 atom stereocenters. The summed E-state index contributed by atoms with van der Waals surface area (Å²) in [6.07, 6.45) is -8.02. The predicted octanol–water partition coefficient (Wildman–Crippen LogP) is 3.37. The summed E-state index contributed by atoms with van der Waals surface area (Å²) in [6.45, 7) is 3.17. The number of hydrogen-bond donors (Lipinski definition) is 2. The van der Waals surface area contributed by atoms with Crippen molar-refractivity contribution in [1.82, 2.24) is 10.2 Å². The van der Waals surface area contributed by atoms with Crippen LogP contribution in [0.3, 0.4) is 0 Å². The Morgan fingerprint density at radius 1 is 1.33 bits per heavy atom. The number of aliphatic hydroxyl groups is 1. The summed E-state index contributed by atoms with van der Waals surface area (Å²) >= 11 is 3.20. The van der Waals surface area contributed by atoms with Crippen LogP contribution in [0.4, 0.5) is 17.6 Å². The number of hydrogen-bond acceptors (Lipinski definition) is 4. The molecule has 0 bridgehead atoms. The van der Waals surface area contributed by atoms with Crippen LogP contribution >= 0.6 is 15.9 Å². The second-order valence-electron chi connectivity index (χ2n) is 8.24. The van der Waals surface area contributed by atoms with Crippen molar-refractivity contribution in [1.29, 1.82) is 0 Å². The van der Waals surface area contributed by atoms with Crippen LogP contribution in [0, 0.1) is 5.92 Å². The van der Waals surface area contributed by atoms with E-state index >= 15 is 0 Å². The van der Waals surface area contributed by atoms with Gasteiger partial charge in [-0.15, -0.1) is 0 Å². The van der Waals surface area contributed by atoms with Gasteiger partial charge in [0.2, 0.25) is 5.91 Å². The fraction of sp³-hybridized carbons (Fsp3) is 0.650. The Labute approximate surface area is 180 Å². The molecule has 2 heterocycles. The lowest BCUT2D eigenvalue weighted by Gasteiger charge is -2.33. The number of amides is 1. The van der Waals surface area contributed by atoms with E-state index in [9.17, 15) is 27.5 Å². The molecule has 0 aliphatic carbocycles. The van der Waals surface area contributed by atoms with Crippen molar-refractivity contribution >= 4 is 21.8 Å². The lowest BCUT2D eigenvalue weighted by atomic mass is 9.98. The van der Waals surface area contributed by atoms with Crippen LogP contribution in [0.2, 0.25) is 0 Å². The van der Waals surface area contributed by atoms with Gasteiger partial charge < -0.3 is 14.7 Å². The normalized spacial score (nSPS) is 28.6. The predicted molar refractivity (Wildman–Crippen MR) is 105 cm³/mol. The minimum absolute atomic E-state index is 0.0286. The van der Waals surface area contributed by atoms with E-state index in [1.54, 1.807) is 13.8 Å². The molecule has 5 nitrogen and oxygen atoms in total. The van der Waals surface area contributed by atoms with E-state index in [1.807, 2.05) is 0 Å². The van der Waals surface area contributed by atoms with Crippen molar-refractivity contribution in [3.63, 3.8) is 0 Å². The minimum atomic E-state index is -4.64. The first-order valence-electron chi connectivity index (χ1n) is 9.81. The third kappa shape index (κ3) is 4.98. The van der Waals surface area contributed by atoms with Gasteiger partial charge in [0.1, 0.15) is 24.4 Å². The van der Waals surface area contributed by atoms with Gasteiger partial charge in [-0.25, -0.2) is 4.39 Å². The Kier molecular flexibility index (Phi) is 7.11. The fourth-order valence-corrected chi connectivity index (χ4v) is 4.39. The molecule has 1 aromatic carbocycles. The minimum Gasteiger partial charge on any atom is -0.388 e. The van der Waals surface area contributed by atoms with Crippen molar-refractivity contribution in [3.8, 4) is 0 Å². The molecule has 168 valence electrons. The van der Waals surface area contributed by atoms with E-state index in [0.717, 1.165) is 4.90 Å². The summed E-state index contributed by atoms with van der Waals surface area (Å²) in [5.74, 6) is -0.746. The van der Waals surface area contributed by atoms with Gasteiger partial charge in [0, 0.05) is 4.47 Å². The summed E-state index contributed by atoms with van der Waals surface area (Å²) in [6, 6.07) is 1.52. The number of fused-ring (bicyclic) bond motifs is 1. The maximum absolute atomic E-state index is 14.3. The third-order valence-electron chi connectivity index (χ3n) is 5.46. The maximum Gasteiger partial charge on any atom is 0.407 e. The summed E-state index contributed by atoms with van der Waals surface area (Å²) < 4.78 is 61.8. The number of nitrogens with zero attached hydrogens (tertiary/aromatic N) is 1. The Morgan fingerprint density at radius 2 is 1.97 bits per heavy atom. The number of rotatable bonds is 6. The summed E-state index contributed by atoms with van der Waals surface area (Å²) in [7, 11) is 0. The molecule has 30 heavy (non-hydrogen) atoms. The Morgan fingerprint density at radius 3 is 2.53 bits per heavy atom. The van der Waals surface area contributed by atoms with E-state index < -0.39 is 48.6 Å². The molecule has 2 fully saturated rings. The summed E-state index contributed by atoms with van der Waals surface area (Å²) in [4.78, 5) is 14.4. The highest BCUT2D eigenvalue weighted by atomic mass is 79.9. The van der Waals surface area contributed by atoms with Crippen LogP contribution in [-0.2, 0) is 9.53 Å². The highest BCUT2D eigenvalue weighted by Crippen LogP contribution is 2.36. The SMILES string of the molecule is CC(C)C[C@H](NC(c1ccc(Br)cc1)C(F)(F)F)C(=O)N1C[C@H](F)[C@H]2OC[C@H](O)C21. The van der Waals surface area contributed by atoms with Gasteiger partial charge in [-0.1, -0.05) is 41.9 Å². The van der Waals surface area contributed by atoms with Gasteiger partial charge in [0.25, 0.3) is 0 Å². The highest BCUT2D eigenvalue weighted by Gasteiger charge is 2.54. The molecule has 2 aliphatic heterocycles. The molecule has 3 rings (SSSR count). The number of carbonyl (C=O) groups is 1. The molecule has 2 N–H and O–H groups in total. The molecule has 0 radical (unpaired) electrons. The smallest absolute Gasteiger partial charge is 0.388 e. The number of aliphatic hydroxyl groups excluding tert-OH is 1. The third-order valence-corrected chi connectivity index (χ3v) is 5.99. The second-order valence-corrected chi connectivity index (χ2v) is 9.15. The molecular weight excluding hydrogens is 472 g/mol. The first-order chi connectivity index (χ1) is 14.0. The first kappa shape index (κ1) is 23.4. The first-order valence-corrected chi connectivity index (χ1v) is 10.6. The standard InChI is InChI=1S/C20H25BrF4N2O3/c1-10(2)7-14(19(29)27-8-13(22)17-16(27)15(28)9-30-17)26-18(20(23,24)25)11-3-5-12(21)6-4-11/h3-6,10,13-18,26,28H,7-9H2,1-2H3/t13-,14-,15-,16?,17+,18?/m0/s1. The number of alkyl halides is 4. The molecule has 10 heteroatoms. The molecule has 1 aromatic rings. The molecule has 0 aromatic heterocycles. The van der Waals surface area contributed by atoms with Crippen molar-refractivity contribution in [2.24, 2.45) is 5.92 Å². The number of carbonyl (C=O) groups excluding carboxylic acids is 1. The molecule has 0 saturated carbocycles. The van der Waals surface area contributed by atoms with Crippen LogP contribution in [0.15, 0.2) is 28.7 Å². The Hall–Kier alpha value is -1.23. The number of benzene rings is 1. The topological polar surface area (TPSA) is 61.8 Å².